The number of benzene rings is 2. The molecule has 0 saturated heterocycles. The Balaban J connectivity index is 2.13. The Morgan fingerprint density at radius 3 is 2.16 bits per heavy atom. The van der Waals surface area contributed by atoms with Gasteiger partial charge in [-0.15, -0.1) is 0 Å². The van der Waals surface area contributed by atoms with E-state index in [1.54, 1.807) is 12.1 Å². The smallest absolute Gasteiger partial charge is 0.435 e. The van der Waals surface area contributed by atoms with Crippen molar-refractivity contribution in [1.29, 1.82) is 0 Å². The molecule has 3 nitrogen and oxygen atoms in total. The number of aryl methyl sites for hydroxylation is 1. The van der Waals surface area contributed by atoms with Crippen molar-refractivity contribution in [3.63, 3.8) is 0 Å². The first-order valence-corrected chi connectivity index (χ1v) is 9.16. The first kappa shape index (κ1) is 17.8. The Kier molecular flexibility index (Phi) is 4.81. The van der Waals surface area contributed by atoms with Crippen molar-refractivity contribution in [2.75, 3.05) is 0 Å². The molecule has 0 aliphatic carbocycles. The van der Waals surface area contributed by atoms with Crippen LogP contribution >= 0.6 is 10.7 Å². The second-order valence-corrected chi connectivity index (χ2v) is 7.17. The van der Waals surface area contributed by atoms with Gasteiger partial charge in [0.2, 0.25) is 0 Å². The normalized spacial score (nSPS) is 13.0. The summed E-state index contributed by atoms with van der Waals surface area (Å²) in [7, 11) is 3.82. The highest BCUT2D eigenvalue weighted by molar-refractivity contribution is 8.13. The molecule has 25 heavy (non-hydrogen) atoms. The highest BCUT2D eigenvalue weighted by Gasteiger charge is 2.35. The van der Waals surface area contributed by atoms with Crippen molar-refractivity contribution in [2.45, 2.75) is 18.0 Å². The predicted octanol–water partition coefficient (Wildman–Crippen LogP) is 5.13. The number of aromatic nitrogens is 2. The lowest BCUT2D eigenvalue weighted by Gasteiger charge is -2.08. The largest absolute Gasteiger partial charge is 0.594 e. The zero-order valence-corrected chi connectivity index (χ0v) is 14.5. The van der Waals surface area contributed by atoms with Crippen LogP contribution in [0.3, 0.4) is 0 Å². The van der Waals surface area contributed by atoms with Gasteiger partial charge in [0.15, 0.2) is 21.3 Å². The Morgan fingerprint density at radius 2 is 1.64 bits per heavy atom. The molecule has 0 aliphatic heterocycles. The predicted molar refractivity (Wildman–Crippen MR) is 91.0 cm³/mol. The van der Waals surface area contributed by atoms with Crippen molar-refractivity contribution in [3.05, 3.63) is 65.9 Å². The summed E-state index contributed by atoms with van der Waals surface area (Å²) in [5.74, 6) is 0. The molecule has 1 unspecified atom stereocenters. The Hall–Kier alpha value is -1.96. The molecule has 1 aromatic heterocycles. The summed E-state index contributed by atoms with van der Waals surface area (Å²) >= 11 is 0. The number of rotatable bonds is 3. The molecule has 0 aliphatic rings. The molecule has 0 bridgehead atoms. The summed E-state index contributed by atoms with van der Waals surface area (Å²) in [5, 5.41) is 3.71. The van der Waals surface area contributed by atoms with Crippen molar-refractivity contribution in [1.82, 2.24) is 9.78 Å². The number of hydrogen-bond donors (Lipinski definition) is 0. The molecule has 0 radical (unpaired) electrons. The van der Waals surface area contributed by atoms with E-state index in [0.29, 0.717) is 21.8 Å². The average Bonchev–Trinajstić information content (AvgIpc) is 3.01. The van der Waals surface area contributed by atoms with Crippen LogP contribution in [0.4, 0.5) is 13.2 Å². The average molecular weight is 385 g/mol. The lowest BCUT2D eigenvalue weighted by Crippen LogP contribution is -2.07. The lowest BCUT2D eigenvalue weighted by molar-refractivity contribution is -0.141. The summed E-state index contributed by atoms with van der Waals surface area (Å²) < 4.78 is 51.8. The Labute approximate surface area is 149 Å². The van der Waals surface area contributed by atoms with Gasteiger partial charge < -0.3 is 4.55 Å². The molecule has 0 saturated carbocycles. The van der Waals surface area contributed by atoms with Gasteiger partial charge in [-0.25, -0.2) is 4.68 Å². The zero-order valence-electron chi connectivity index (χ0n) is 12.9. The fourth-order valence-corrected chi connectivity index (χ4v) is 3.00. The van der Waals surface area contributed by atoms with Crippen LogP contribution in [-0.4, -0.2) is 14.3 Å². The maximum atomic E-state index is 13.1. The molecule has 1 atom stereocenters. The van der Waals surface area contributed by atoms with Crippen LogP contribution in [0.25, 0.3) is 16.9 Å². The topological polar surface area (TPSA) is 40.9 Å². The molecule has 0 fully saturated rings. The summed E-state index contributed by atoms with van der Waals surface area (Å²) in [5.41, 5.74) is 1.36. The number of nitrogens with zero attached hydrogens (tertiary/aromatic N) is 2. The van der Waals surface area contributed by atoms with Crippen LogP contribution in [-0.2, 0) is 16.6 Å². The molecular weight excluding hydrogens is 373 g/mol. The van der Waals surface area contributed by atoms with Crippen LogP contribution in [0.2, 0.25) is 0 Å². The van der Waals surface area contributed by atoms with Crippen molar-refractivity contribution >= 4 is 21.1 Å². The molecule has 3 rings (SSSR count). The summed E-state index contributed by atoms with van der Waals surface area (Å²) in [6.45, 7) is 1.90. The van der Waals surface area contributed by atoms with E-state index in [-0.39, 0.29) is 0 Å². The maximum absolute atomic E-state index is 13.1. The van der Waals surface area contributed by atoms with Gasteiger partial charge in [0.25, 0.3) is 0 Å². The molecular formula is C17H12ClF3N2OS. The van der Waals surface area contributed by atoms with E-state index < -0.39 is 22.3 Å². The van der Waals surface area contributed by atoms with Gasteiger partial charge in [-0.05, 0) is 37.3 Å². The second kappa shape index (κ2) is 6.74. The van der Waals surface area contributed by atoms with Crippen LogP contribution < -0.4 is 0 Å². The minimum Gasteiger partial charge on any atom is -0.594 e. The van der Waals surface area contributed by atoms with E-state index in [9.17, 15) is 17.7 Å². The monoisotopic (exact) mass is 384 g/mol. The third kappa shape index (κ3) is 3.84. The Bertz CT molecular complexity index is 874. The first-order chi connectivity index (χ1) is 11.8. The van der Waals surface area contributed by atoms with E-state index in [1.165, 1.54) is 28.9 Å². The quantitative estimate of drug-likeness (QED) is 0.587. The minimum absolute atomic E-state index is 0.312. The van der Waals surface area contributed by atoms with Crippen LogP contribution in [0.5, 0.6) is 0 Å². The van der Waals surface area contributed by atoms with Gasteiger partial charge in [-0.1, -0.05) is 29.8 Å². The lowest BCUT2D eigenvalue weighted by atomic mass is 10.1. The molecule has 3 aromatic rings. The minimum atomic E-state index is -4.55. The van der Waals surface area contributed by atoms with Gasteiger partial charge in [0.05, 0.1) is 11.4 Å². The van der Waals surface area contributed by atoms with Gasteiger partial charge >= 0.3 is 6.18 Å². The first-order valence-electron chi connectivity index (χ1n) is 7.18. The molecule has 0 spiro atoms. The molecule has 2 aromatic carbocycles. The van der Waals surface area contributed by atoms with Gasteiger partial charge in [-0.3, -0.25) is 0 Å². The summed E-state index contributed by atoms with van der Waals surface area (Å²) in [6.07, 6.45) is -4.55. The van der Waals surface area contributed by atoms with E-state index in [4.69, 9.17) is 10.7 Å². The maximum Gasteiger partial charge on any atom is 0.435 e. The fraction of sp³-hybridized carbons (Fsp3) is 0.118. The highest BCUT2D eigenvalue weighted by Crippen LogP contribution is 2.33. The number of halogens is 4. The van der Waals surface area contributed by atoms with E-state index in [2.05, 4.69) is 5.10 Å². The third-order valence-corrected chi connectivity index (χ3v) is 4.79. The van der Waals surface area contributed by atoms with E-state index >= 15 is 0 Å². The molecule has 0 N–H and O–H groups in total. The SMILES string of the molecule is Cc1ccc(-c2cc(C(F)(F)F)nn2-c2ccc([S+]([O-])Cl)cc2)cc1. The van der Waals surface area contributed by atoms with Crippen LogP contribution in [0.1, 0.15) is 11.3 Å². The van der Waals surface area contributed by atoms with Gasteiger partial charge in [-0.2, -0.15) is 18.3 Å². The molecule has 130 valence electrons. The number of alkyl halides is 3. The van der Waals surface area contributed by atoms with Crippen molar-refractivity contribution < 1.29 is 17.7 Å². The van der Waals surface area contributed by atoms with E-state index in [1.807, 2.05) is 19.1 Å². The fourth-order valence-electron chi connectivity index (χ4n) is 2.34. The molecule has 0 amide bonds. The van der Waals surface area contributed by atoms with Crippen molar-refractivity contribution in [2.24, 2.45) is 0 Å². The second-order valence-electron chi connectivity index (χ2n) is 5.41. The Morgan fingerprint density at radius 1 is 1.04 bits per heavy atom. The third-order valence-electron chi connectivity index (χ3n) is 3.61. The number of hydrogen-bond acceptors (Lipinski definition) is 2. The van der Waals surface area contributed by atoms with Crippen molar-refractivity contribution in [3.8, 4) is 16.9 Å². The molecule has 8 heteroatoms. The van der Waals surface area contributed by atoms with Gasteiger partial charge in [0, 0.05) is 5.56 Å². The standard InChI is InChI=1S/C17H12ClF3N2OS/c1-11-2-4-12(5-3-11)15-10-16(17(19,20)21)22-23(15)13-6-8-14(9-7-13)25(18)24/h2-10H,1H3. The highest BCUT2D eigenvalue weighted by atomic mass is 35.7. The van der Waals surface area contributed by atoms with Crippen LogP contribution in [0, 0.1) is 6.92 Å². The summed E-state index contributed by atoms with van der Waals surface area (Å²) in [6, 6.07) is 14.2. The summed E-state index contributed by atoms with van der Waals surface area (Å²) in [4.78, 5) is 0.366. The zero-order chi connectivity index (χ0) is 18.2. The van der Waals surface area contributed by atoms with E-state index in [0.717, 1.165) is 11.6 Å². The molecule has 1 heterocycles. The van der Waals surface area contributed by atoms with Gasteiger partial charge in [0.1, 0.15) is 10.4 Å². The van der Waals surface area contributed by atoms with Crippen LogP contribution in [0.15, 0.2) is 59.5 Å².